The van der Waals surface area contributed by atoms with Gasteiger partial charge in [0.05, 0.1) is 6.61 Å². The molecule has 3 nitrogen and oxygen atoms in total. The summed E-state index contributed by atoms with van der Waals surface area (Å²) in [6, 6.07) is 0. The molecule has 0 spiro atoms. The van der Waals surface area contributed by atoms with Crippen molar-refractivity contribution in [1.29, 1.82) is 0 Å². The lowest BCUT2D eigenvalue weighted by Gasteiger charge is -2.12. The van der Waals surface area contributed by atoms with E-state index in [2.05, 4.69) is 0 Å². The van der Waals surface area contributed by atoms with E-state index in [1.807, 2.05) is 0 Å². The van der Waals surface area contributed by atoms with Crippen LogP contribution in [0.2, 0.25) is 0 Å². The summed E-state index contributed by atoms with van der Waals surface area (Å²) in [4.78, 5) is 8.99. The third kappa shape index (κ3) is 2.99. The average Bonchev–Trinajstić information content (AvgIpc) is 1.65. The van der Waals surface area contributed by atoms with Gasteiger partial charge in [-0.05, 0) is 0 Å². The minimum atomic E-state index is -3.01. The Kier molecular flexibility index (Phi) is 3.41. The molecule has 0 aliphatic rings. The maximum absolute atomic E-state index is 10.9. The van der Waals surface area contributed by atoms with Gasteiger partial charge in [0.25, 0.3) is 0 Å². The van der Waals surface area contributed by atoms with Crippen molar-refractivity contribution in [3.8, 4) is 0 Å². The fourth-order valence-electron chi connectivity index (χ4n) is 0.401. The topological polar surface area (TPSA) is 57.5 Å². The first-order chi connectivity index (χ1) is 4.00. The van der Waals surface area contributed by atoms with E-state index in [1.54, 1.807) is 13.8 Å². The van der Waals surface area contributed by atoms with Gasteiger partial charge in [-0.15, -0.1) is 0 Å². The second-order valence-electron chi connectivity index (χ2n) is 2.30. The Morgan fingerprint density at radius 3 is 2.11 bits per heavy atom. The minimum Gasteiger partial charge on any atom is -0.396 e. The van der Waals surface area contributed by atoms with Crippen LogP contribution in [0.15, 0.2) is 0 Å². The fraction of sp³-hybridized carbons (Fsp3) is 1.00. The van der Waals surface area contributed by atoms with E-state index >= 15 is 0 Å². The van der Waals surface area contributed by atoms with Crippen LogP contribution in [0.4, 0.5) is 0 Å². The molecule has 0 heterocycles. The van der Waals surface area contributed by atoms with Crippen molar-refractivity contribution in [3.63, 3.8) is 0 Å². The molecule has 4 heteroatoms. The second kappa shape index (κ2) is 3.35. The van der Waals surface area contributed by atoms with Gasteiger partial charge in [-0.2, -0.15) is 0 Å². The minimum absolute atomic E-state index is 0.0185. The van der Waals surface area contributed by atoms with Gasteiger partial charge < -0.3 is 10.00 Å². The Bertz CT molecular complexity index is 121. The van der Waals surface area contributed by atoms with E-state index in [1.165, 1.54) is 0 Å². The summed E-state index contributed by atoms with van der Waals surface area (Å²) in [6.45, 7) is 3.15. The van der Waals surface area contributed by atoms with Crippen LogP contribution in [0.5, 0.6) is 0 Å². The van der Waals surface area contributed by atoms with Crippen LogP contribution in [-0.2, 0) is 4.57 Å². The number of aliphatic hydroxyl groups is 1. The van der Waals surface area contributed by atoms with Gasteiger partial charge >= 0.3 is 0 Å². The largest absolute Gasteiger partial charge is 0.396 e. The molecule has 0 saturated heterocycles. The fourth-order valence-corrected chi connectivity index (χ4v) is 1.20. The van der Waals surface area contributed by atoms with Crippen molar-refractivity contribution in [2.24, 2.45) is 0 Å². The lowest BCUT2D eigenvalue weighted by Crippen LogP contribution is -2.03. The van der Waals surface area contributed by atoms with Crippen molar-refractivity contribution < 1.29 is 14.6 Å². The molecular formula is C5H13O3P. The highest BCUT2D eigenvalue weighted by Crippen LogP contribution is 2.44. The van der Waals surface area contributed by atoms with Crippen molar-refractivity contribution in [2.45, 2.75) is 19.5 Å². The van der Waals surface area contributed by atoms with Crippen LogP contribution < -0.4 is 0 Å². The molecular weight excluding hydrogens is 139 g/mol. The van der Waals surface area contributed by atoms with Gasteiger partial charge in [0, 0.05) is 11.8 Å². The van der Waals surface area contributed by atoms with E-state index in [0.717, 1.165) is 0 Å². The van der Waals surface area contributed by atoms with Gasteiger partial charge in [0.2, 0.25) is 7.37 Å². The van der Waals surface area contributed by atoms with Gasteiger partial charge in [0.15, 0.2) is 0 Å². The zero-order valence-corrected chi connectivity index (χ0v) is 6.64. The maximum atomic E-state index is 10.9. The summed E-state index contributed by atoms with van der Waals surface area (Å²) >= 11 is 0. The molecule has 0 aromatic heterocycles. The molecule has 1 unspecified atom stereocenters. The SMILES string of the molecule is CC(C)P(=O)(O)CCO. The molecule has 9 heavy (non-hydrogen) atoms. The first kappa shape index (κ1) is 9.15. The number of hydrogen-bond donors (Lipinski definition) is 2. The van der Waals surface area contributed by atoms with E-state index in [-0.39, 0.29) is 18.4 Å². The third-order valence-electron chi connectivity index (χ3n) is 1.23. The molecule has 56 valence electrons. The third-order valence-corrected chi connectivity index (χ3v) is 3.68. The summed E-state index contributed by atoms with van der Waals surface area (Å²) in [6.07, 6.45) is 0.0185. The van der Waals surface area contributed by atoms with E-state index < -0.39 is 7.37 Å². The summed E-state index contributed by atoms with van der Waals surface area (Å²) < 4.78 is 10.9. The molecule has 0 aromatic rings. The molecule has 2 N–H and O–H groups in total. The zero-order chi connectivity index (χ0) is 7.49. The normalized spacial score (nSPS) is 17.9. The summed E-state index contributed by atoms with van der Waals surface area (Å²) in [5.41, 5.74) is -0.232. The molecule has 0 radical (unpaired) electrons. The van der Waals surface area contributed by atoms with Gasteiger partial charge in [-0.25, -0.2) is 0 Å². The van der Waals surface area contributed by atoms with Crippen LogP contribution in [0.1, 0.15) is 13.8 Å². The van der Waals surface area contributed by atoms with Crippen LogP contribution in [-0.4, -0.2) is 28.4 Å². The molecule has 0 aliphatic carbocycles. The van der Waals surface area contributed by atoms with Crippen LogP contribution >= 0.6 is 7.37 Å². The monoisotopic (exact) mass is 152 g/mol. The Labute approximate surface area is 55.2 Å². The summed E-state index contributed by atoms with van der Waals surface area (Å²) in [5, 5.41) is 8.32. The molecule has 0 amide bonds. The summed E-state index contributed by atoms with van der Waals surface area (Å²) in [7, 11) is -3.01. The van der Waals surface area contributed by atoms with Crippen molar-refractivity contribution >= 4 is 7.37 Å². The first-order valence-electron chi connectivity index (χ1n) is 2.93. The Balaban J connectivity index is 3.87. The molecule has 0 aromatic carbocycles. The maximum Gasteiger partial charge on any atom is 0.205 e. The number of hydrogen-bond acceptors (Lipinski definition) is 2. The van der Waals surface area contributed by atoms with E-state index in [0.29, 0.717) is 0 Å². The van der Waals surface area contributed by atoms with Crippen molar-refractivity contribution in [1.82, 2.24) is 0 Å². The number of rotatable bonds is 3. The lowest BCUT2D eigenvalue weighted by molar-refractivity contribution is 0.313. The van der Waals surface area contributed by atoms with Crippen LogP contribution in [0.3, 0.4) is 0 Å². The predicted octanol–water partition coefficient (Wildman–Crippen LogP) is 0.657. The average molecular weight is 152 g/mol. The van der Waals surface area contributed by atoms with Crippen LogP contribution in [0, 0.1) is 0 Å². The molecule has 0 bridgehead atoms. The van der Waals surface area contributed by atoms with Crippen molar-refractivity contribution in [2.75, 3.05) is 12.8 Å². The smallest absolute Gasteiger partial charge is 0.205 e. The number of aliphatic hydroxyl groups excluding tert-OH is 1. The first-order valence-corrected chi connectivity index (χ1v) is 4.84. The van der Waals surface area contributed by atoms with Gasteiger partial charge in [0.1, 0.15) is 0 Å². The van der Waals surface area contributed by atoms with Crippen molar-refractivity contribution in [3.05, 3.63) is 0 Å². The zero-order valence-electron chi connectivity index (χ0n) is 5.74. The predicted molar refractivity (Wildman–Crippen MR) is 36.9 cm³/mol. The highest BCUT2D eigenvalue weighted by atomic mass is 31.2. The Hall–Kier alpha value is 0.150. The highest BCUT2D eigenvalue weighted by molar-refractivity contribution is 7.58. The van der Waals surface area contributed by atoms with E-state index in [4.69, 9.17) is 10.00 Å². The Morgan fingerprint density at radius 2 is 2.00 bits per heavy atom. The lowest BCUT2D eigenvalue weighted by atomic mass is 10.6. The highest BCUT2D eigenvalue weighted by Gasteiger charge is 2.21. The van der Waals surface area contributed by atoms with Gasteiger partial charge in [-0.3, -0.25) is 4.57 Å². The summed E-state index contributed by atoms with van der Waals surface area (Å²) in [5.74, 6) is 0. The molecule has 0 fully saturated rings. The quantitative estimate of drug-likeness (QED) is 0.584. The Morgan fingerprint density at radius 1 is 1.56 bits per heavy atom. The van der Waals surface area contributed by atoms with Gasteiger partial charge in [-0.1, -0.05) is 13.8 Å². The molecule has 0 saturated carbocycles. The van der Waals surface area contributed by atoms with Crippen LogP contribution in [0.25, 0.3) is 0 Å². The molecule has 1 atom stereocenters. The standard InChI is InChI=1S/C5H13O3P/c1-5(2)9(7,8)4-3-6/h5-6H,3-4H2,1-2H3,(H,7,8). The van der Waals surface area contributed by atoms with E-state index in [9.17, 15) is 4.57 Å². The molecule has 0 rings (SSSR count). The molecule has 0 aliphatic heterocycles. The second-order valence-corrected chi connectivity index (χ2v) is 5.29.